The third-order valence-corrected chi connectivity index (χ3v) is 4.10. The zero-order valence-electron chi connectivity index (χ0n) is 10.1. The first-order chi connectivity index (χ1) is 9.32. The van der Waals surface area contributed by atoms with Gasteiger partial charge in [-0.25, -0.2) is 0 Å². The van der Waals surface area contributed by atoms with Crippen molar-refractivity contribution in [3.63, 3.8) is 0 Å². The predicted molar refractivity (Wildman–Crippen MR) is 76.5 cm³/mol. The van der Waals surface area contributed by atoms with Crippen molar-refractivity contribution in [3.05, 3.63) is 46.1 Å². The number of rotatable bonds is 2. The zero-order valence-corrected chi connectivity index (χ0v) is 12.5. The largest absolute Gasteiger partial charge is 0.417 e. The van der Waals surface area contributed by atoms with E-state index in [1.165, 1.54) is 11.8 Å². The number of halogens is 5. The Balaban J connectivity index is 2.49. The molecule has 1 aromatic heterocycles. The molecule has 0 radical (unpaired) electrons. The summed E-state index contributed by atoms with van der Waals surface area (Å²) < 4.78 is 37.7. The molecule has 0 unspecified atom stereocenters. The van der Waals surface area contributed by atoms with Gasteiger partial charge in [0.2, 0.25) is 0 Å². The maximum atomic E-state index is 12.6. The number of hydrogen-bond acceptors (Lipinski definition) is 2. The number of thioether (sulfide) groups is 1. The Hall–Kier alpha value is -0.910. The van der Waals surface area contributed by atoms with E-state index in [9.17, 15) is 13.2 Å². The Kier molecular flexibility index (Phi) is 4.52. The monoisotopic (exact) mass is 337 g/mol. The standard InChI is InChI=1S/C13H8Cl2F3NS/c1-20-11-4-7(2-3-9(11)14)12-10(15)5-8(6-19-12)13(16,17)18/h2-6H,1H3. The minimum Gasteiger partial charge on any atom is -0.254 e. The van der Waals surface area contributed by atoms with Crippen molar-refractivity contribution in [3.8, 4) is 11.3 Å². The molecular formula is C13H8Cl2F3NS. The van der Waals surface area contributed by atoms with E-state index in [1.807, 2.05) is 6.26 Å². The normalized spacial score (nSPS) is 11.7. The molecule has 2 aromatic rings. The quantitative estimate of drug-likeness (QED) is 0.642. The highest BCUT2D eigenvalue weighted by atomic mass is 35.5. The number of pyridine rings is 1. The maximum absolute atomic E-state index is 12.6. The van der Waals surface area contributed by atoms with Gasteiger partial charge in [0.15, 0.2) is 0 Å². The molecule has 2 rings (SSSR count). The second kappa shape index (κ2) is 5.84. The molecule has 0 N–H and O–H groups in total. The van der Waals surface area contributed by atoms with Crippen LogP contribution in [0.1, 0.15) is 5.56 Å². The molecule has 0 fully saturated rings. The van der Waals surface area contributed by atoms with Crippen LogP contribution in [0.25, 0.3) is 11.3 Å². The predicted octanol–water partition coefficient (Wildman–Crippen LogP) is 5.80. The minimum absolute atomic E-state index is 0.0470. The molecule has 106 valence electrons. The number of aromatic nitrogens is 1. The van der Waals surface area contributed by atoms with Crippen molar-refractivity contribution >= 4 is 35.0 Å². The number of hydrogen-bond donors (Lipinski definition) is 0. The molecule has 1 aromatic carbocycles. The lowest BCUT2D eigenvalue weighted by Crippen LogP contribution is -2.05. The van der Waals surface area contributed by atoms with Crippen molar-refractivity contribution in [1.82, 2.24) is 4.98 Å². The van der Waals surface area contributed by atoms with Crippen LogP contribution in [0.15, 0.2) is 35.4 Å². The van der Waals surface area contributed by atoms with Crippen LogP contribution in [0.3, 0.4) is 0 Å². The average molecular weight is 338 g/mol. The molecule has 20 heavy (non-hydrogen) atoms. The van der Waals surface area contributed by atoms with Crippen molar-refractivity contribution in [2.75, 3.05) is 6.26 Å². The van der Waals surface area contributed by atoms with E-state index in [0.29, 0.717) is 16.3 Å². The van der Waals surface area contributed by atoms with Crippen molar-refractivity contribution in [2.24, 2.45) is 0 Å². The van der Waals surface area contributed by atoms with Crippen LogP contribution < -0.4 is 0 Å². The summed E-state index contributed by atoms with van der Waals surface area (Å²) in [6.07, 6.45) is -1.83. The Bertz CT molecular complexity index is 644. The van der Waals surface area contributed by atoms with Crippen LogP contribution in [0.2, 0.25) is 10.0 Å². The van der Waals surface area contributed by atoms with Gasteiger partial charge >= 0.3 is 6.18 Å². The number of alkyl halides is 3. The molecule has 1 nitrogen and oxygen atoms in total. The summed E-state index contributed by atoms with van der Waals surface area (Å²) in [5.74, 6) is 0. The fourth-order valence-corrected chi connectivity index (χ4v) is 2.74. The second-order valence-electron chi connectivity index (χ2n) is 3.90. The summed E-state index contributed by atoms with van der Waals surface area (Å²) >= 11 is 13.3. The SMILES string of the molecule is CSc1cc(-c2ncc(C(F)(F)F)cc2Cl)ccc1Cl. The summed E-state index contributed by atoms with van der Waals surface area (Å²) in [5, 5.41) is 0.526. The third kappa shape index (κ3) is 3.22. The van der Waals surface area contributed by atoms with Gasteiger partial charge in [-0.3, -0.25) is 4.98 Å². The van der Waals surface area contributed by atoms with Crippen LogP contribution in [0.5, 0.6) is 0 Å². The summed E-state index contributed by atoms with van der Waals surface area (Å²) in [6, 6.07) is 5.95. The topological polar surface area (TPSA) is 12.9 Å². The van der Waals surface area contributed by atoms with Crippen LogP contribution in [0.4, 0.5) is 13.2 Å². The van der Waals surface area contributed by atoms with E-state index < -0.39 is 11.7 Å². The van der Waals surface area contributed by atoms with Gasteiger partial charge in [0, 0.05) is 16.7 Å². The molecule has 7 heteroatoms. The van der Waals surface area contributed by atoms with Gasteiger partial charge in [-0.05, 0) is 24.5 Å². The molecule has 0 aliphatic rings. The van der Waals surface area contributed by atoms with E-state index in [-0.39, 0.29) is 5.02 Å². The lowest BCUT2D eigenvalue weighted by atomic mass is 10.1. The first-order valence-corrected chi connectivity index (χ1v) is 7.37. The number of benzene rings is 1. The average Bonchev–Trinajstić information content (AvgIpc) is 2.38. The Morgan fingerprint density at radius 2 is 1.80 bits per heavy atom. The molecule has 0 atom stereocenters. The first-order valence-electron chi connectivity index (χ1n) is 5.39. The molecule has 0 saturated carbocycles. The molecule has 0 aliphatic heterocycles. The summed E-state index contributed by atoms with van der Waals surface area (Å²) in [5.41, 5.74) is 0.0504. The molecule has 0 aliphatic carbocycles. The van der Waals surface area contributed by atoms with Gasteiger partial charge < -0.3 is 0 Å². The van der Waals surface area contributed by atoms with E-state index >= 15 is 0 Å². The fourth-order valence-electron chi connectivity index (χ4n) is 1.61. The molecule has 1 heterocycles. The molecular weight excluding hydrogens is 330 g/mol. The first kappa shape index (κ1) is 15.5. The zero-order chi connectivity index (χ0) is 14.9. The van der Waals surface area contributed by atoms with E-state index in [4.69, 9.17) is 23.2 Å². The summed E-state index contributed by atoms with van der Waals surface area (Å²) in [7, 11) is 0. The fraction of sp³-hybridized carbons (Fsp3) is 0.154. The van der Waals surface area contributed by atoms with E-state index in [1.54, 1.807) is 18.2 Å². The van der Waals surface area contributed by atoms with Gasteiger partial charge in [-0.1, -0.05) is 29.3 Å². The van der Waals surface area contributed by atoms with Crippen LogP contribution in [0, 0.1) is 0 Å². The second-order valence-corrected chi connectivity index (χ2v) is 5.56. The lowest BCUT2D eigenvalue weighted by molar-refractivity contribution is -0.137. The molecule has 0 spiro atoms. The smallest absolute Gasteiger partial charge is 0.254 e. The number of nitrogens with zero attached hydrogens (tertiary/aromatic N) is 1. The summed E-state index contributed by atoms with van der Waals surface area (Å²) in [4.78, 5) is 4.62. The summed E-state index contributed by atoms with van der Waals surface area (Å²) in [6.45, 7) is 0. The van der Waals surface area contributed by atoms with E-state index in [0.717, 1.165) is 17.2 Å². The highest BCUT2D eigenvalue weighted by Crippen LogP contribution is 2.36. The Morgan fingerprint density at radius 3 is 2.35 bits per heavy atom. The maximum Gasteiger partial charge on any atom is 0.417 e. The van der Waals surface area contributed by atoms with Crippen molar-refractivity contribution in [2.45, 2.75) is 11.1 Å². The van der Waals surface area contributed by atoms with Gasteiger partial charge in [0.05, 0.1) is 21.3 Å². The minimum atomic E-state index is -4.46. The highest BCUT2D eigenvalue weighted by molar-refractivity contribution is 7.98. The van der Waals surface area contributed by atoms with Crippen LogP contribution in [-0.4, -0.2) is 11.2 Å². The van der Waals surface area contributed by atoms with E-state index in [2.05, 4.69) is 4.98 Å². The molecule has 0 amide bonds. The Morgan fingerprint density at radius 1 is 1.10 bits per heavy atom. The van der Waals surface area contributed by atoms with Crippen LogP contribution in [-0.2, 0) is 6.18 Å². The lowest BCUT2D eigenvalue weighted by Gasteiger charge is -2.10. The Labute approximate surface area is 128 Å². The van der Waals surface area contributed by atoms with Crippen molar-refractivity contribution < 1.29 is 13.2 Å². The van der Waals surface area contributed by atoms with Gasteiger partial charge in [-0.2, -0.15) is 13.2 Å². The molecule has 0 bridgehead atoms. The van der Waals surface area contributed by atoms with Crippen LogP contribution >= 0.6 is 35.0 Å². The van der Waals surface area contributed by atoms with Gasteiger partial charge in [0.1, 0.15) is 0 Å². The van der Waals surface area contributed by atoms with Gasteiger partial charge in [0.25, 0.3) is 0 Å². The van der Waals surface area contributed by atoms with Crippen molar-refractivity contribution in [1.29, 1.82) is 0 Å². The van der Waals surface area contributed by atoms with Gasteiger partial charge in [-0.15, -0.1) is 11.8 Å². The highest BCUT2D eigenvalue weighted by Gasteiger charge is 2.31. The molecule has 0 saturated heterocycles. The third-order valence-electron chi connectivity index (χ3n) is 2.59.